The van der Waals surface area contributed by atoms with Crippen LogP contribution in [0.3, 0.4) is 0 Å². The number of amides is 2. The molecule has 0 fully saturated rings. The van der Waals surface area contributed by atoms with Crippen molar-refractivity contribution in [3.8, 4) is 0 Å². The van der Waals surface area contributed by atoms with Gasteiger partial charge in [-0.15, -0.1) is 0 Å². The molecule has 28 heavy (non-hydrogen) atoms. The van der Waals surface area contributed by atoms with Gasteiger partial charge in [0.15, 0.2) is 11.5 Å². The first kappa shape index (κ1) is 20.1. The Balaban J connectivity index is 1.84. The lowest BCUT2D eigenvalue weighted by Crippen LogP contribution is -2.29. The molecule has 0 bridgehead atoms. The monoisotopic (exact) mass is 382 g/mol. The zero-order chi connectivity index (χ0) is 20.3. The van der Waals surface area contributed by atoms with Crippen molar-refractivity contribution in [1.82, 2.24) is 14.9 Å². The fourth-order valence-corrected chi connectivity index (χ4v) is 3.50. The lowest BCUT2D eigenvalue weighted by Gasteiger charge is -2.17. The molecule has 1 aliphatic rings. The highest BCUT2D eigenvalue weighted by Crippen LogP contribution is 2.23. The summed E-state index contributed by atoms with van der Waals surface area (Å²) in [6.45, 7) is 9.55. The van der Waals surface area contributed by atoms with Gasteiger partial charge in [0.2, 0.25) is 0 Å². The van der Waals surface area contributed by atoms with E-state index in [2.05, 4.69) is 29.5 Å². The van der Waals surface area contributed by atoms with Crippen LogP contribution in [0.25, 0.3) is 0 Å². The molecule has 6 heteroatoms. The number of imidazole rings is 1. The Kier molecular flexibility index (Phi) is 6.17. The van der Waals surface area contributed by atoms with Crippen molar-refractivity contribution >= 4 is 17.5 Å². The summed E-state index contributed by atoms with van der Waals surface area (Å²) >= 11 is 0. The maximum Gasteiger partial charge on any atom is 0.287 e. The molecule has 2 N–H and O–H groups in total. The van der Waals surface area contributed by atoms with Gasteiger partial charge in [-0.2, -0.15) is 0 Å². The molecule has 150 valence electrons. The predicted octanol–water partition coefficient (Wildman–Crippen LogP) is 3.86. The van der Waals surface area contributed by atoms with Crippen LogP contribution in [0.1, 0.15) is 71.0 Å². The minimum Gasteiger partial charge on any atom is -0.349 e. The van der Waals surface area contributed by atoms with Gasteiger partial charge in [-0.3, -0.25) is 9.59 Å². The first-order valence-electron chi connectivity index (χ1n) is 10.1. The van der Waals surface area contributed by atoms with Gasteiger partial charge in [0.1, 0.15) is 0 Å². The quantitative estimate of drug-likeness (QED) is 0.796. The average Bonchev–Trinajstić information content (AvgIpc) is 3.04. The van der Waals surface area contributed by atoms with Crippen molar-refractivity contribution in [2.24, 2.45) is 5.92 Å². The first-order chi connectivity index (χ1) is 13.4. The van der Waals surface area contributed by atoms with Gasteiger partial charge in [-0.1, -0.05) is 26.0 Å². The summed E-state index contributed by atoms with van der Waals surface area (Å²) in [4.78, 5) is 30.1. The molecule has 2 heterocycles. The van der Waals surface area contributed by atoms with Crippen LogP contribution >= 0.6 is 0 Å². The molecule has 2 aromatic rings. The molecule has 0 aliphatic carbocycles. The number of hydrogen-bond acceptors (Lipinski definition) is 3. The molecule has 1 aromatic carbocycles. The summed E-state index contributed by atoms with van der Waals surface area (Å²) in [6.07, 6.45) is 3.68. The molecule has 3 rings (SSSR count). The van der Waals surface area contributed by atoms with Crippen molar-refractivity contribution in [3.63, 3.8) is 0 Å². The largest absolute Gasteiger partial charge is 0.349 e. The molecular formula is C22H30N4O2. The summed E-state index contributed by atoms with van der Waals surface area (Å²) in [7, 11) is 0. The maximum atomic E-state index is 13.0. The first-order valence-corrected chi connectivity index (χ1v) is 10.1. The van der Waals surface area contributed by atoms with Crippen molar-refractivity contribution < 1.29 is 9.59 Å². The Morgan fingerprint density at radius 2 is 1.96 bits per heavy atom. The maximum absolute atomic E-state index is 13.0. The lowest BCUT2D eigenvalue weighted by atomic mass is 10.1. The van der Waals surface area contributed by atoms with Crippen LogP contribution in [0.5, 0.6) is 0 Å². The molecule has 0 spiro atoms. The average molecular weight is 383 g/mol. The molecule has 2 amide bonds. The zero-order valence-electron chi connectivity index (χ0n) is 17.3. The van der Waals surface area contributed by atoms with E-state index in [0.29, 0.717) is 24.0 Å². The smallest absolute Gasteiger partial charge is 0.287 e. The number of aryl methyl sites for hydroxylation is 2. The number of benzene rings is 1. The fourth-order valence-electron chi connectivity index (χ4n) is 3.50. The summed E-state index contributed by atoms with van der Waals surface area (Å²) in [5.74, 6) is 0.424. The van der Waals surface area contributed by atoms with E-state index in [0.717, 1.165) is 54.7 Å². The number of carbonyl (C=O) groups excluding carboxylic acids is 2. The van der Waals surface area contributed by atoms with E-state index in [9.17, 15) is 9.59 Å². The van der Waals surface area contributed by atoms with Crippen LogP contribution in [0, 0.1) is 19.8 Å². The van der Waals surface area contributed by atoms with Crippen molar-refractivity contribution in [2.45, 2.75) is 59.9 Å². The van der Waals surface area contributed by atoms with Crippen molar-refractivity contribution in [2.75, 3.05) is 11.9 Å². The van der Waals surface area contributed by atoms with Crippen LogP contribution < -0.4 is 10.6 Å². The second-order valence-electron chi connectivity index (χ2n) is 8.05. The third kappa shape index (κ3) is 4.43. The summed E-state index contributed by atoms with van der Waals surface area (Å²) in [6, 6.07) is 5.96. The minimum atomic E-state index is -0.249. The van der Waals surface area contributed by atoms with Gasteiger partial charge in [-0.25, -0.2) is 4.98 Å². The van der Waals surface area contributed by atoms with Gasteiger partial charge in [0, 0.05) is 18.8 Å². The van der Waals surface area contributed by atoms with Gasteiger partial charge >= 0.3 is 0 Å². The van der Waals surface area contributed by atoms with E-state index >= 15 is 0 Å². The Morgan fingerprint density at radius 3 is 2.71 bits per heavy atom. The van der Waals surface area contributed by atoms with Gasteiger partial charge in [-0.05, 0) is 62.6 Å². The van der Waals surface area contributed by atoms with E-state index in [4.69, 9.17) is 0 Å². The van der Waals surface area contributed by atoms with E-state index in [-0.39, 0.29) is 11.8 Å². The summed E-state index contributed by atoms with van der Waals surface area (Å²) in [5, 5.41) is 5.93. The third-order valence-corrected chi connectivity index (χ3v) is 5.18. The molecule has 1 aromatic heterocycles. The number of carbonyl (C=O) groups is 2. The zero-order valence-corrected chi connectivity index (χ0v) is 17.3. The van der Waals surface area contributed by atoms with E-state index in [1.54, 1.807) is 0 Å². The summed E-state index contributed by atoms with van der Waals surface area (Å²) < 4.78 is 1.92. The third-order valence-electron chi connectivity index (χ3n) is 5.18. The van der Waals surface area contributed by atoms with E-state index in [1.165, 1.54) is 0 Å². The number of aromatic nitrogens is 2. The van der Waals surface area contributed by atoms with Crippen molar-refractivity contribution in [1.29, 1.82) is 0 Å². The van der Waals surface area contributed by atoms with Gasteiger partial charge < -0.3 is 15.2 Å². The molecule has 0 atom stereocenters. The Bertz CT molecular complexity index is 883. The normalized spacial score (nSPS) is 13.3. The van der Waals surface area contributed by atoms with Crippen LogP contribution in [0.2, 0.25) is 0 Å². The number of hydrogen-bond donors (Lipinski definition) is 2. The number of nitrogens with one attached hydrogen (secondary N) is 2. The minimum absolute atomic E-state index is 0.199. The molecule has 0 radical (unpaired) electrons. The topological polar surface area (TPSA) is 76.0 Å². The highest BCUT2D eigenvalue weighted by Gasteiger charge is 2.27. The fraction of sp³-hybridized carbons (Fsp3) is 0.500. The Hall–Kier alpha value is -2.63. The Morgan fingerprint density at radius 1 is 1.18 bits per heavy atom. The predicted molar refractivity (Wildman–Crippen MR) is 111 cm³/mol. The standard InChI is InChI=1S/C22H30N4O2/c1-14(2)10-11-23-22(28)20-25-19(18-7-5-6-12-26(18)20)21(27)24-17-13-15(3)8-9-16(17)4/h8-9,13-14H,5-7,10-12H2,1-4H3,(H,23,28)(H,24,27). The van der Waals surface area contributed by atoms with Crippen molar-refractivity contribution in [3.05, 3.63) is 46.5 Å². The molecule has 6 nitrogen and oxygen atoms in total. The second kappa shape index (κ2) is 8.59. The van der Waals surface area contributed by atoms with Crippen LogP contribution in [0.4, 0.5) is 5.69 Å². The number of nitrogens with zero attached hydrogens (tertiary/aromatic N) is 2. The second-order valence-corrected chi connectivity index (χ2v) is 8.05. The van der Waals surface area contributed by atoms with E-state index < -0.39 is 0 Å². The molecule has 0 unspecified atom stereocenters. The highest BCUT2D eigenvalue weighted by molar-refractivity contribution is 6.05. The number of fused-ring (bicyclic) bond motifs is 1. The highest BCUT2D eigenvalue weighted by atomic mass is 16.2. The van der Waals surface area contributed by atoms with E-state index in [1.807, 2.05) is 36.6 Å². The lowest BCUT2D eigenvalue weighted by molar-refractivity contribution is 0.0936. The number of rotatable bonds is 6. The van der Waals surface area contributed by atoms with Crippen LogP contribution in [0.15, 0.2) is 18.2 Å². The molecular weight excluding hydrogens is 352 g/mol. The molecule has 0 saturated heterocycles. The molecule has 1 aliphatic heterocycles. The SMILES string of the molecule is Cc1ccc(C)c(NC(=O)c2nc(C(=O)NCCC(C)C)n3c2CCCC3)c1. The van der Waals surface area contributed by atoms with Crippen LogP contribution in [-0.2, 0) is 13.0 Å². The molecule has 0 saturated carbocycles. The number of anilines is 1. The van der Waals surface area contributed by atoms with Gasteiger partial charge in [0.05, 0.1) is 5.69 Å². The summed E-state index contributed by atoms with van der Waals surface area (Å²) in [5.41, 5.74) is 4.10. The Labute approximate surface area is 166 Å². The van der Waals surface area contributed by atoms with Gasteiger partial charge in [0.25, 0.3) is 11.8 Å². The van der Waals surface area contributed by atoms with Crippen LogP contribution in [-0.4, -0.2) is 27.9 Å².